The van der Waals surface area contributed by atoms with Gasteiger partial charge in [-0.25, -0.2) is 4.79 Å². The van der Waals surface area contributed by atoms with Crippen LogP contribution in [0.5, 0.6) is 0 Å². The summed E-state index contributed by atoms with van der Waals surface area (Å²) in [5.74, 6) is -2.21. The Labute approximate surface area is 118 Å². The molecular weight excluding hydrogens is 315 g/mol. The Hall–Kier alpha value is -1.58. The Balaban J connectivity index is 2.47. The summed E-state index contributed by atoms with van der Waals surface area (Å²) in [6.45, 7) is 1.37. The minimum atomic E-state index is -5.75. The first-order valence-corrected chi connectivity index (χ1v) is 7.55. The van der Waals surface area contributed by atoms with E-state index in [0.29, 0.717) is 0 Å². The molecule has 0 spiro atoms. The lowest BCUT2D eigenvalue weighted by Gasteiger charge is -2.26. The van der Waals surface area contributed by atoms with Gasteiger partial charge in [-0.2, -0.15) is 21.6 Å². The molecule has 0 N–H and O–H groups in total. The van der Waals surface area contributed by atoms with Crippen LogP contribution in [-0.4, -0.2) is 42.6 Å². The number of ether oxygens (including phenoxy) is 1. The molecule has 10 heteroatoms. The van der Waals surface area contributed by atoms with Crippen LogP contribution in [0, 0.1) is 5.92 Å². The third kappa shape index (κ3) is 2.52. The van der Waals surface area contributed by atoms with Crippen LogP contribution in [0.2, 0.25) is 0 Å². The number of ketones is 1. The Kier molecular flexibility index (Phi) is 3.77. The highest BCUT2D eigenvalue weighted by Gasteiger charge is 2.59. The van der Waals surface area contributed by atoms with Crippen molar-refractivity contribution < 1.29 is 35.9 Å². The van der Waals surface area contributed by atoms with Gasteiger partial charge >= 0.3 is 21.5 Å². The summed E-state index contributed by atoms with van der Waals surface area (Å²) in [7, 11) is -5.75. The SMILES string of the molecule is CCOC(=O)[C@@H]1C[C@@H]2CC(=O)C=C2N1S(=O)(=O)C(F)(F)F. The molecule has 6 nitrogen and oxygen atoms in total. The number of nitrogens with zero attached hydrogens (tertiary/aromatic N) is 1. The normalized spacial score (nSPS) is 25.8. The van der Waals surface area contributed by atoms with Gasteiger partial charge in [0.25, 0.3) is 0 Å². The summed E-state index contributed by atoms with van der Waals surface area (Å²) in [6.07, 6.45) is 0.564. The van der Waals surface area contributed by atoms with Gasteiger partial charge in [0.2, 0.25) is 0 Å². The summed E-state index contributed by atoms with van der Waals surface area (Å²) in [6, 6.07) is -1.58. The highest BCUT2D eigenvalue weighted by molar-refractivity contribution is 7.90. The van der Waals surface area contributed by atoms with Crippen molar-refractivity contribution in [1.82, 2.24) is 4.31 Å². The summed E-state index contributed by atoms with van der Waals surface area (Å²) in [5.41, 5.74) is -5.84. The second-order valence-corrected chi connectivity index (χ2v) is 6.49. The zero-order valence-electron chi connectivity index (χ0n) is 10.9. The fourth-order valence-corrected chi connectivity index (χ4v) is 3.74. The first-order valence-electron chi connectivity index (χ1n) is 6.11. The minimum Gasteiger partial charge on any atom is -0.464 e. The van der Waals surface area contributed by atoms with Crippen LogP contribution >= 0.6 is 0 Å². The van der Waals surface area contributed by atoms with Gasteiger partial charge in [-0.15, -0.1) is 0 Å². The van der Waals surface area contributed by atoms with Gasteiger partial charge in [0.15, 0.2) is 5.78 Å². The minimum absolute atomic E-state index is 0.000556. The topological polar surface area (TPSA) is 80.8 Å². The quantitative estimate of drug-likeness (QED) is 0.721. The highest BCUT2D eigenvalue weighted by atomic mass is 32.2. The molecule has 2 aliphatic rings. The number of esters is 1. The molecule has 2 rings (SSSR count). The van der Waals surface area contributed by atoms with E-state index in [1.165, 1.54) is 6.92 Å². The van der Waals surface area contributed by atoms with E-state index in [1.807, 2.05) is 0 Å². The van der Waals surface area contributed by atoms with Crippen LogP contribution in [0.1, 0.15) is 19.8 Å². The number of carbonyl (C=O) groups is 2. The molecule has 0 unspecified atom stereocenters. The van der Waals surface area contributed by atoms with Gasteiger partial charge in [0, 0.05) is 24.1 Å². The molecule has 1 aliphatic heterocycles. The zero-order chi connectivity index (χ0) is 16.0. The van der Waals surface area contributed by atoms with Crippen LogP contribution in [0.4, 0.5) is 13.2 Å². The molecule has 0 aromatic carbocycles. The van der Waals surface area contributed by atoms with Crippen LogP contribution < -0.4 is 0 Å². The van der Waals surface area contributed by atoms with Crippen molar-refractivity contribution in [2.75, 3.05) is 6.61 Å². The fraction of sp³-hybridized carbons (Fsp3) is 0.636. The smallest absolute Gasteiger partial charge is 0.464 e. The predicted molar refractivity (Wildman–Crippen MR) is 63.0 cm³/mol. The average Bonchev–Trinajstić information content (AvgIpc) is 2.82. The first kappa shape index (κ1) is 15.8. The van der Waals surface area contributed by atoms with Gasteiger partial charge in [-0.3, -0.25) is 9.10 Å². The third-order valence-corrected chi connectivity index (χ3v) is 4.90. The lowest BCUT2D eigenvalue weighted by Crippen LogP contribution is -2.46. The molecular formula is C11H12F3NO5S. The van der Waals surface area contributed by atoms with Gasteiger partial charge in [0.1, 0.15) is 6.04 Å². The Bertz CT molecular complexity index is 610. The van der Waals surface area contributed by atoms with E-state index in [2.05, 4.69) is 4.74 Å². The number of sulfonamides is 1. The number of hydrogen-bond acceptors (Lipinski definition) is 5. The van der Waals surface area contributed by atoms with Crippen molar-refractivity contribution in [3.8, 4) is 0 Å². The fourth-order valence-electron chi connectivity index (χ4n) is 2.53. The molecule has 118 valence electrons. The number of alkyl halides is 3. The monoisotopic (exact) mass is 327 g/mol. The van der Waals surface area contributed by atoms with E-state index >= 15 is 0 Å². The summed E-state index contributed by atoms with van der Waals surface area (Å²) < 4.78 is 66.3. The number of fused-ring (bicyclic) bond motifs is 1. The predicted octanol–water partition coefficient (Wildman–Crippen LogP) is 0.946. The molecule has 0 amide bonds. The van der Waals surface area contributed by atoms with Crippen LogP contribution in [-0.2, 0) is 24.3 Å². The summed E-state index contributed by atoms with van der Waals surface area (Å²) in [5, 5.41) is 0. The maximum Gasteiger partial charge on any atom is 0.516 e. The summed E-state index contributed by atoms with van der Waals surface area (Å²) >= 11 is 0. The van der Waals surface area contributed by atoms with Crippen molar-refractivity contribution in [1.29, 1.82) is 0 Å². The largest absolute Gasteiger partial charge is 0.516 e. The van der Waals surface area contributed by atoms with E-state index in [-0.39, 0.29) is 29.5 Å². The number of hydrogen-bond donors (Lipinski definition) is 0. The lowest BCUT2D eigenvalue weighted by atomic mass is 10.0. The van der Waals surface area contributed by atoms with E-state index in [0.717, 1.165) is 6.08 Å². The molecule has 1 heterocycles. The van der Waals surface area contributed by atoms with Crippen molar-refractivity contribution in [3.63, 3.8) is 0 Å². The molecule has 0 saturated carbocycles. The average molecular weight is 327 g/mol. The molecule has 0 aromatic heterocycles. The molecule has 0 radical (unpaired) electrons. The highest BCUT2D eigenvalue weighted by Crippen LogP contribution is 2.45. The van der Waals surface area contributed by atoms with E-state index in [1.54, 1.807) is 0 Å². The van der Waals surface area contributed by atoms with Crippen molar-refractivity contribution in [2.45, 2.75) is 31.3 Å². The van der Waals surface area contributed by atoms with Crippen LogP contribution in [0.25, 0.3) is 0 Å². The molecule has 0 aromatic rings. The number of rotatable bonds is 3. The van der Waals surface area contributed by atoms with Crippen molar-refractivity contribution in [2.24, 2.45) is 5.92 Å². The number of carbonyl (C=O) groups excluding carboxylic acids is 2. The maximum absolute atomic E-state index is 12.8. The van der Waals surface area contributed by atoms with Gasteiger partial charge in [-0.1, -0.05) is 0 Å². The summed E-state index contributed by atoms with van der Waals surface area (Å²) in [4.78, 5) is 23.0. The zero-order valence-corrected chi connectivity index (χ0v) is 11.7. The van der Waals surface area contributed by atoms with Crippen LogP contribution in [0.15, 0.2) is 11.8 Å². The second kappa shape index (κ2) is 5.00. The van der Waals surface area contributed by atoms with Crippen LogP contribution in [0.3, 0.4) is 0 Å². The van der Waals surface area contributed by atoms with Gasteiger partial charge in [0.05, 0.1) is 6.61 Å². The molecule has 1 fully saturated rings. The molecule has 1 saturated heterocycles. The van der Waals surface area contributed by atoms with Crippen molar-refractivity contribution >= 4 is 21.8 Å². The number of allylic oxidation sites excluding steroid dienone is 2. The molecule has 21 heavy (non-hydrogen) atoms. The molecule has 2 atom stereocenters. The molecule has 0 bridgehead atoms. The van der Waals surface area contributed by atoms with E-state index in [4.69, 9.17) is 0 Å². The second-order valence-electron chi connectivity index (χ2n) is 4.69. The standard InChI is InChI=1S/C11H12F3NO5S/c1-2-20-10(17)9-4-6-3-7(16)5-8(6)15(9)21(18,19)11(12,13)14/h5-6,9H,2-4H2,1H3/t6-,9-/m0/s1. The Morgan fingerprint density at radius 1 is 1.48 bits per heavy atom. The van der Waals surface area contributed by atoms with E-state index < -0.39 is 39.2 Å². The van der Waals surface area contributed by atoms with Gasteiger partial charge in [-0.05, 0) is 13.3 Å². The Morgan fingerprint density at radius 2 is 2.10 bits per heavy atom. The van der Waals surface area contributed by atoms with E-state index in [9.17, 15) is 31.2 Å². The number of halogens is 3. The molecule has 1 aliphatic carbocycles. The Morgan fingerprint density at radius 3 is 2.62 bits per heavy atom. The van der Waals surface area contributed by atoms with Crippen molar-refractivity contribution in [3.05, 3.63) is 11.8 Å². The first-order chi connectivity index (χ1) is 9.59. The maximum atomic E-state index is 12.8. The lowest BCUT2D eigenvalue weighted by molar-refractivity contribution is -0.147. The van der Waals surface area contributed by atoms with Gasteiger partial charge < -0.3 is 4.74 Å². The third-order valence-electron chi connectivity index (χ3n) is 3.33.